The number of benzene rings is 4. The Hall–Kier alpha value is -4.92. The van der Waals surface area contributed by atoms with Crippen LogP contribution in [-0.2, 0) is 10.8 Å². The normalized spacial score (nSPS) is 11.9. The van der Waals surface area contributed by atoms with E-state index in [4.69, 9.17) is 0 Å². The highest BCUT2D eigenvalue weighted by atomic mass is 16.2. The van der Waals surface area contributed by atoms with E-state index in [-0.39, 0.29) is 22.9 Å². The summed E-state index contributed by atoms with van der Waals surface area (Å²) < 4.78 is 1.75. The van der Waals surface area contributed by atoms with E-state index in [0.29, 0.717) is 18.8 Å². The van der Waals surface area contributed by atoms with Gasteiger partial charge in [-0.2, -0.15) is 0 Å². The van der Waals surface area contributed by atoms with E-state index in [0.717, 1.165) is 81.0 Å². The number of hydrogen-bond donors (Lipinski definition) is 4. The average molecular weight is 662 g/mol. The van der Waals surface area contributed by atoms with Crippen LogP contribution < -0.4 is 21.3 Å². The number of urea groups is 2. The Morgan fingerprint density at radius 1 is 0.673 bits per heavy atom. The zero-order valence-corrected chi connectivity index (χ0v) is 30.3. The second kappa shape index (κ2) is 14.7. The summed E-state index contributed by atoms with van der Waals surface area (Å²) in [6.45, 7) is 18.5. The fourth-order valence-corrected chi connectivity index (χ4v) is 5.69. The maximum Gasteiger partial charge on any atom is 0.319 e. The molecule has 1 heterocycles. The van der Waals surface area contributed by atoms with Crippen molar-refractivity contribution in [2.75, 3.05) is 23.7 Å². The number of nitrogens with one attached hydrogen (secondary N) is 4. The molecule has 9 heteroatoms. The summed E-state index contributed by atoms with van der Waals surface area (Å²) in [4.78, 5) is 25.7. The molecular formula is C40H51N7O2. The quantitative estimate of drug-likeness (QED) is 0.112. The van der Waals surface area contributed by atoms with Crippen molar-refractivity contribution in [3.63, 3.8) is 0 Å². The molecule has 0 radical (unpaired) electrons. The number of aromatic nitrogens is 3. The van der Waals surface area contributed by atoms with E-state index in [9.17, 15) is 9.59 Å². The van der Waals surface area contributed by atoms with Crippen molar-refractivity contribution < 1.29 is 9.59 Å². The fourth-order valence-electron chi connectivity index (χ4n) is 5.69. The van der Waals surface area contributed by atoms with E-state index < -0.39 is 0 Å². The van der Waals surface area contributed by atoms with Crippen molar-refractivity contribution in [3.05, 3.63) is 78.0 Å². The van der Waals surface area contributed by atoms with Crippen molar-refractivity contribution in [3.8, 4) is 16.9 Å². The molecule has 4 amide bonds. The average Bonchev–Trinajstić information content (AvgIpc) is 3.54. The Labute approximate surface area is 290 Å². The standard InChI is InChI=1S/C40H51N7O2/c1-9-11-17-41-37(48)43-34-22-29(39(3,4)5)19-26-13-14-28(21-32(26)34)36-25-47(46-45-36)31-16-15-27-20-30(40(6,7)8)23-35(33(27)24-31)44-38(49)42-18-12-10-2/h13-16,19-25H,9-12,17-18H2,1-8H3,(H2,41,43,48)(H2,42,44,49). The lowest BCUT2D eigenvalue weighted by Gasteiger charge is -2.22. The first kappa shape index (κ1) is 35.4. The largest absolute Gasteiger partial charge is 0.338 e. The Kier molecular flexibility index (Phi) is 10.6. The first-order chi connectivity index (χ1) is 23.3. The topological polar surface area (TPSA) is 113 Å². The highest BCUT2D eigenvalue weighted by Gasteiger charge is 2.20. The van der Waals surface area contributed by atoms with Crippen LogP contribution in [0.2, 0.25) is 0 Å². The van der Waals surface area contributed by atoms with Gasteiger partial charge >= 0.3 is 12.1 Å². The first-order valence-corrected chi connectivity index (χ1v) is 17.5. The van der Waals surface area contributed by atoms with E-state index in [2.05, 4.69) is 129 Å². The number of nitrogens with zero attached hydrogens (tertiary/aromatic N) is 3. The Morgan fingerprint density at radius 3 is 1.69 bits per heavy atom. The molecule has 5 rings (SSSR count). The van der Waals surface area contributed by atoms with E-state index in [1.54, 1.807) is 4.68 Å². The maximum absolute atomic E-state index is 12.8. The minimum absolute atomic E-state index is 0.0902. The summed E-state index contributed by atoms with van der Waals surface area (Å²) in [5.74, 6) is 0. The van der Waals surface area contributed by atoms with Crippen LogP contribution in [-0.4, -0.2) is 40.1 Å². The van der Waals surface area contributed by atoms with Gasteiger partial charge < -0.3 is 21.3 Å². The maximum atomic E-state index is 12.8. The number of anilines is 2. The van der Waals surface area contributed by atoms with Crippen molar-refractivity contribution in [2.45, 2.75) is 91.9 Å². The first-order valence-electron chi connectivity index (χ1n) is 17.5. The van der Waals surface area contributed by atoms with Crippen LogP contribution in [0.1, 0.15) is 92.2 Å². The van der Waals surface area contributed by atoms with E-state index >= 15 is 0 Å². The molecule has 49 heavy (non-hydrogen) atoms. The van der Waals surface area contributed by atoms with Gasteiger partial charge in [-0.15, -0.1) is 5.10 Å². The third-order valence-corrected chi connectivity index (χ3v) is 8.81. The molecule has 0 saturated heterocycles. The predicted octanol–water partition coefficient (Wildman–Crippen LogP) is 9.68. The molecule has 0 atom stereocenters. The number of hydrogen-bond acceptors (Lipinski definition) is 4. The number of rotatable bonds is 10. The van der Waals surface area contributed by atoms with E-state index in [1.807, 2.05) is 24.4 Å². The minimum Gasteiger partial charge on any atom is -0.338 e. The number of carbonyl (C=O) groups is 2. The van der Waals surface area contributed by atoms with Crippen LogP contribution in [0.15, 0.2) is 66.9 Å². The lowest BCUT2D eigenvalue weighted by atomic mass is 9.85. The third kappa shape index (κ3) is 8.57. The fraction of sp³-hybridized carbons (Fsp3) is 0.400. The number of carbonyl (C=O) groups excluding carboxylic acids is 2. The van der Waals surface area contributed by atoms with Crippen LogP contribution in [0.3, 0.4) is 0 Å². The smallest absolute Gasteiger partial charge is 0.319 e. The molecule has 0 unspecified atom stereocenters. The zero-order chi connectivity index (χ0) is 35.3. The van der Waals surface area contributed by atoms with Gasteiger partial charge in [0, 0.05) is 29.4 Å². The number of fused-ring (bicyclic) bond motifs is 2. The monoisotopic (exact) mass is 661 g/mol. The van der Waals surface area contributed by atoms with Gasteiger partial charge in [0.15, 0.2) is 0 Å². The Balaban J connectivity index is 1.50. The molecule has 4 aromatic carbocycles. The number of amides is 4. The van der Waals surface area contributed by atoms with Gasteiger partial charge in [0.2, 0.25) is 0 Å². The lowest BCUT2D eigenvalue weighted by molar-refractivity contribution is 0.251. The van der Waals surface area contributed by atoms with E-state index in [1.165, 1.54) is 0 Å². The molecule has 4 N–H and O–H groups in total. The molecule has 0 fully saturated rings. The summed E-state index contributed by atoms with van der Waals surface area (Å²) in [7, 11) is 0. The molecule has 1 aromatic heterocycles. The molecule has 0 aliphatic rings. The van der Waals surface area contributed by atoms with Crippen molar-refractivity contribution in [1.82, 2.24) is 25.6 Å². The Bertz CT molecular complexity index is 1820. The second-order valence-corrected chi connectivity index (χ2v) is 14.9. The molecule has 0 aliphatic heterocycles. The van der Waals surface area contributed by atoms with Crippen molar-refractivity contribution in [1.29, 1.82) is 0 Å². The van der Waals surface area contributed by atoms with Crippen molar-refractivity contribution >= 4 is 45.0 Å². The summed E-state index contributed by atoms with van der Waals surface area (Å²) in [6, 6.07) is 20.4. The van der Waals surface area contributed by atoms with Crippen LogP contribution in [0.5, 0.6) is 0 Å². The molecule has 5 aromatic rings. The molecule has 0 bridgehead atoms. The van der Waals surface area contributed by atoms with Gasteiger partial charge in [0.05, 0.1) is 23.3 Å². The van der Waals surface area contributed by atoms with Gasteiger partial charge in [-0.1, -0.05) is 104 Å². The van der Waals surface area contributed by atoms with Gasteiger partial charge in [-0.3, -0.25) is 0 Å². The molecule has 9 nitrogen and oxygen atoms in total. The van der Waals surface area contributed by atoms with Crippen LogP contribution in [0.25, 0.3) is 38.5 Å². The highest BCUT2D eigenvalue weighted by Crippen LogP contribution is 2.36. The zero-order valence-electron chi connectivity index (χ0n) is 30.3. The van der Waals surface area contributed by atoms with Gasteiger partial charge in [0.25, 0.3) is 0 Å². The minimum atomic E-state index is -0.215. The summed E-state index contributed by atoms with van der Waals surface area (Å²) in [6.07, 6.45) is 5.79. The highest BCUT2D eigenvalue weighted by molar-refractivity contribution is 6.04. The molecular weight excluding hydrogens is 610 g/mol. The number of unbranched alkanes of at least 4 members (excludes halogenated alkanes) is 2. The predicted molar refractivity (Wildman–Crippen MR) is 203 cm³/mol. The summed E-state index contributed by atoms with van der Waals surface area (Å²) >= 11 is 0. The van der Waals surface area contributed by atoms with Crippen molar-refractivity contribution in [2.24, 2.45) is 0 Å². The van der Waals surface area contributed by atoms with Crippen LogP contribution in [0, 0.1) is 0 Å². The van der Waals surface area contributed by atoms with Crippen LogP contribution in [0.4, 0.5) is 21.0 Å². The summed E-state index contributed by atoms with van der Waals surface area (Å²) in [5.41, 5.74) is 6.02. The molecule has 0 spiro atoms. The van der Waals surface area contributed by atoms with Gasteiger partial charge in [-0.05, 0) is 75.9 Å². The second-order valence-electron chi connectivity index (χ2n) is 14.9. The lowest BCUT2D eigenvalue weighted by Crippen LogP contribution is -2.29. The van der Waals surface area contributed by atoms with Crippen LogP contribution >= 0.6 is 0 Å². The van der Waals surface area contributed by atoms with Gasteiger partial charge in [-0.25, -0.2) is 14.3 Å². The Morgan fingerprint density at radius 2 is 1.18 bits per heavy atom. The third-order valence-electron chi connectivity index (χ3n) is 8.81. The molecule has 0 saturated carbocycles. The van der Waals surface area contributed by atoms with Gasteiger partial charge in [0.1, 0.15) is 5.69 Å². The molecule has 0 aliphatic carbocycles. The SMILES string of the molecule is CCCCNC(=O)Nc1cc(C(C)(C)C)cc2ccc(-c3cn(-c4ccc5cc(C(C)(C)C)cc(NC(=O)NCCCC)c5c4)nn3)cc12. The summed E-state index contributed by atoms with van der Waals surface area (Å²) in [5, 5.41) is 25.1. The molecule has 258 valence electrons.